The van der Waals surface area contributed by atoms with Crippen LogP contribution in [0.5, 0.6) is 0 Å². The third-order valence-corrected chi connectivity index (χ3v) is 3.34. The topological polar surface area (TPSA) is 51.6 Å². The molecule has 0 saturated carbocycles. The highest BCUT2D eigenvalue weighted by Crippen LogP contribution is 2.22. The lowest BCUT2D eigenvalue weighted by atomic mass is 10.2. The first kappa shape index (κ1) is 16.9. The molecule has 0 aliphatic heterocycles. The molecule has 0 aliphatic carbocycles. The van der Waals surface area contributed by atoms with Crippen molar-refractivity contribution in [2.45, 2.75) is 20.4 Å². The van der Waals surface area contributed by atoms with Crippen LogP contribution in [0.3, 0.4) is 0 Å². The second-order valence-corrected chi connectivity index (χ2v) is 4.75. The minimum absolute atomic E-state index is 0.717. The predicted octanol–water partition coefficient (Wildman–Crippen LogP) is 0.937. The number of ether oxygens (including phenoxy) is 2. The van der Waals surface area contributed by atoms with Gasteiger partial charge in [0, 0.05) is 53.0 Å². The van der Waals surface area contributed by atoms with E-state index < -0.39 is 0 Å². The molecule has 0 saturated heterocycles. The largest absolute Gasteiger partial charge is 0.383 e. The Bertz CT molecular complexity index is 393. The number of hydrogen-bond donors (Lipinski definition) is 1. The summed E-state index contributed by atoms with van der Waals surface area (Å²) in [5.74, 6) is 1.17. The van der Waals surface area contributed by atoms with Gasteiger partial charge in [-0.2, -0.15) is 5.10 Å². The summed E-state index contributed by atoms with van der Waals surface area (Å²) < 4.78 is 12.2. The Labute approximate surface area is 122 Å². The predicted molar refractivity (Wildman–Crippen MR) is 81.3 cm³/mol. The molecule has 1 heterocycles. The lowest BCUT2D eigenvalue weighted by Crippen LogP contribution is -2.30. The fourth-order valence-electron chi connectivity index (χ4n) is 2.30. The average Bonchev–Trinajstić information content (AvgIpc) is 2.71. The summed E-state index contributed by atoms with van der Waals surface area (Å²) in [4.78, 5) is 2.30. The first-order valence-electron chi connectivity index (χ1n) is 7.11. The highest BCUT2D eigenvalue weighted by molar-refractivity contribution is 5.50. The summed E-state index contributed by atoms with van der Waals surface area (Å²) in [5.41, 5.74) is 2.32. The molecule has 116 valence electrons. The van der Waals surface area contributed by atoms with Gasteiger partial charge < -0.3 is 19.7 Å². The van der Waals surface area contributed by atoms with Crippen molar-refractivity contribution in [3.63, 3.8) is 0 Å². The number of likely N-dealkylation sites (N-methyl/N-ethyl adjacent to an activating group) is 1. The van der Waals surface area contributed by atoms with Crippen molar-refractivity contribution >= 4 is 5.82 Å². The number of methoxy groups -OCH3 is 2. The molecule has 0 bridgehead atoms. The van der Waals surface area contributed by atoms with Gasteiger partial charge in [0.15, 0.2) is 0 Å². The van der Waals surface area contributed by atoms with Crippen LogP contribution < -0.4 is 10.2 Å². The van der Waals surface area contributed by atoms with E-state index in [1.165, 1.54) is 11.4 Å². The highest BCUT2D eigenvalue weighted by atomic mass is 16.5. The minimum atomic E-state index is 0.717. The van der Waals surface area contributed by atoms with Crippen LogP contribution in [0.4, 0.5) is 5.82 Å². The highest BCUT2D eigenvalue weighted by Gasteiger charge is 2.17. The average molecular weight is 284 g/mol. The molecule has 0 radical (unpaired) electrons. The molecule has 0 amide bonds. The van der Waals surface area contributed by atoms with Crippen molar-refractivity contribution in [3.05, 3.63) is 11.3 Å². The van der Waals surface area contributed by atoms with E-state index in [4.69, 9.17) is 9.47 Å². The van der Waals surface area contributed by atoms with Crippen LogP contribution >= 0.6 is 0 Å². The van der Waals surface area contributed by atoms with Crippen LogP contribution in [-0.2, 0) is 23.1 Å². The van der Waals surface area contributed by atoms with Gasteiger partial charge >= 0.3 is 0 Å². The molecule has 20 heavy (non-hydrogen) atoms. The van der Waals surface area contributed by atoms with Gasteiger partial charge in [-0.1, -0.05) is 0 Å². The van der Waals surface area contributed by atoms with Gasteiger partial charge in [0.2, 0.25) is 0 Å². The molecule has 0 spiro atoms. The van der Waals surface area contributed by atoms with Crippen LogP contribution in [0, 0.1) is 6.92 Å². The van der Waals surface area contributed by atoms with Crippen molar-refractivity contribution in [1.29, 1.82) is 0 Å². The molecule has 0 unspecified atom stereocenters. The van der Waals surface area contributed by atoms with E-state index >= 15 is 0 Å². The van der Waals surface area contributed by atoms with Crippen molar-refractivity contribution < 1.29 is 9.47 Å². The lowest BCUT2D eigenvalue weighted by Gasteiger charge is -2.24. The lowest BCUT2D eigenvalue weighted by molar-refractivity contribution is 0.199. The normalized spacial score (nSPS) is 11.1. The van der Waals surface area contributed by atoms with Crippen molar-refractivity contribution in [3.8, 4) is 0 Å². The molecule has 0 aliphatic rings. The van der Waals surface area contributed by atoms with E-state index in [-0.39, 0.29) is 0 Å². The summed E-state index contributed by atoms with van der Waals surface area (Å²) in [6.45, 7) is 9.10. The number of aryl methyl sites for hydroxylation is 2. The Hall–Kier alpha value is -1.11. The zero-order valence-electron chi connectivity index (χ0n) is 13.4. The van der Waals surface area contributed by atoms with Gasteiger partial charge in [-0.05, 0) is 13.8 Å². The van der Waals surface area contributed by atoms with E-state index in [1.807, 2.05) is 11.7 Å². The Morgan fingerprint density at radius 2 is 1.95 bits per heavy atom. The van der Waals surface area contributed by atoms with Crippen molar-refractivity contribution in [2.24, 2.45) is 7.05 Å². The smallest absolute Gasteiger partial charge is 0.131 e. The zero-order chi connectivity index (χ0) is 15.0. The summed E-state index contributed by atoms with van der Waals surface area (Å²) in [5, 5.41) is 7.95. The maximum atomic E-state index is 5.19. The third-order valence-electron chi connectivity index (χ3n) is 3.34. The molecule has 0 atom stereocenters. The molecule has 1 rings (SSSR count). The number of anilines is 1. The molecular formula is C14H28N4O2. The maximum Gasteiger partial charge on any atom is 0.131 e. The zero-order valence-corrected chi connectivity index (χ0v) is 13.4. The summed E-state index contributed by atoms with van der Waals surface area (Å²) >= 11 is 0. The molecular weight excluding hydrogens is 256 g/mol. The van der Waals surface area contributed by atoms with E-state index in [2.05, 4.69) is 29.2 Å². The Balaban J connectivity index is 2.81. The molecule has 6 nitrogen and oxygen atoms in total. The van der Waals surface area contributed by atoms with Gasteiger partial charge in [0.1, 0.15) is 5.82 Å². The third kappa shape index (κ3) is 4.47. The fraction of sp³-hybridized carbons (Fsp3) is 0.786. The first-order chi connectivity index (χ1) is 9.65. The van der Waals surface area contributed by atoms with Crippen molar-refractivity contribution in [2.75, 3.05) is 52.0 Å². The Kier molecular flexibility index (Phi) is 7.58. The van der Waals surface area contributed by atoms with Crippen molar-refractivity contribution in [1.82, 2.24) is 15.1 Å². The van der Waals surface area contributed by atoms with Crippen LogP contribution in [0.25, 0.3) is 0 Å². The van der Waals surface area contributed by atoms with Crippen LogP contribution in [0.15, 0.2) is 0 Å². The maximum absolute atomic E-state index is 5.19. The SMILES string of the molecule is CCN(CCOC)c1c(CNCCOC)c(C)nn1C. The first-order valence-corrected chi connectivity index (χ1v) is 7.11. The number of aromatic nitrogens is 2. The molecule has 0 fully saturated rings. The molecule has 6 heteroatoms. The fourth-order valence-corrected chi connectivity index (χ4v) is 2.30. The molecule has 1 aromatic rings. The number of nitrogens with zero attached hydrogens (tertiary/aromatic N) is 3. The number of rotatable bonds is 10. The molecule has 1 N–H and O–H groups in total. The van der Waals surface area contributed by atoms with Gasteiger partial charge in [-0.15, -0.1) is 0 Å². The Morgan fingerprint density at radius 3 is 2.55 bits per heavy atom. The monoisotopic (exact) mass is 284 g/mol. The minimum Gasteiger partial charge on any atom is -0.383 e. The second-order valence-electron chi connectivity index (χ2n) is 4.75. The van der Waals surface area contributed by atoms with E-state index in [0.717, 1.165) is 38.5 Å². The number of hydrogen-bond acceptors (Lipinski definition) is 5. The standard InChI is InChI=1S/C14H28N4O2/c1-6-18(8-10-20-5)14-13(11-15-7-9-19-4)12(2)16-17(14)3/h15H,6-11H2,1-5H3. The van der Waals surface area contributed by atoms with Gasteiger partial charge in [0.25, 0.3) is 0 Å². The van der Waals surface area contributed by atoms with Gasteiger partial charge in [0.05, 0.1) is 18.9 Å². The van der Waals surface area contributed by atoms with Gasteiger partial charge in [-0.25, -0.2) is 0 Å². The second kappa shape index (κ2) is 8.94. The van der Waals surface area contributed by atoms with Crippen LogP contribution in [0.2, 0.25) is 0 Å². The summed E-state index contributed by atoms with van der Waals surface area (Å²) in [6, 6.07) is 0. The van der Waals surface area contributed by atoms with E-state index in [1.54, 1.807) is 14.2 Å². The quantitative estimate of drug-likeness (QED) is 0.648. The summed E-state index contributed by atoms with van der Waals surface area (Å²) in [7, 11) is 5.44. The van der Waals surface area contributed by atoms with E-state index in [9.17, 15) is 0 Å². The Morgan fingerprint density at radius 1 is 1.25 bits per heavy atom. The molecule has 1 aromatic heterocycles. The summed E-state index contributed by atoms with van der Waals surface area (Å²) in [6.07, 6.45) is 0. The van der Waals surface area contributed by atoms with Crippen LogP contribution in [0.1, 0.15) is 18.2 Å². The van der Waals surface area contributed by atoms with E-state index in [0.29, 0.717) is 6.61 Å². The van der Waals surface area contributed by atoms with Crippen LogP contribution in [-0.4, -0.2) is 56.8 Å². The number of nitrogens with one attached hydrogen (secondary N) is 1. The van der Waals surface area contributed by atoms with Gasteiger partial charge in [-0.3, -0.25) is 4.68 Å². The molecule has 0 aromatic carbocycles.